The summed E-state index contributed by atoms with van der Waals surface area (Å²) < 4.78 is 10.7. The highest BCUT2D eigenvalue weighted by molar-refractivity contribution is 5.42. The van der Waals surface area contributed by atoms with E-state index in [1.54, 1.807) is 14.2 Å². The molecule has 3 unspecified atom stereocenters. The minimum absolute atomic E-state index is 0.312. The van der Waals surface area contributed by atoms with E-state index in [1.807, 2.05) is 12.1 Å². The topological polar surface area (TPSA) is 30.5 Å². The number of ether oxygens (including phenoxy) is 2. The molecule has 0 amide bonds. The minimum Gasteiger partial charge on any atom is -0.497 e. The maximum atomic E-state index is 5.44. The molecule has 1 fully saturated rings. The van der Waals surface area contributed by atoms with Crippen molar-refractivity contribution >= 4 is 0 Å². The molecule has 0 aliphatic heterocycles. The number of nitrogens with one attached hydrogen (secondary N) is 1. The molecule has 0 saturated heterocycles. The maximum Gasteiger partial charge on any atom is 0.127 e. The van der Waals surface area contributed by atoms with E-state index in [0.717, 1.165) is 17.4 Å². The molecule has 3 atom stereocenters. The van der Waals surface area contributed by atoms with Crippen LogP contribution in [0.2, 0.25) is 0 Å². The van der Waals surface area contributed by atoms with Gasteiger partial charge in [-0.1, -0.05) is 19.4 Å². The van der Waals surface area contributed by atoms with Gasteiger partial charge in [0.15, 0.2) is 0 Å². The summed E-state index contributed by atoms with van der Waals surface area (Å²) in [7, 11) is 3.38. The summed E-state index contributed by atoms with van der Waals surface area (Å²) in [6, 6.07) is 7.00. The van der Waals surface area contributed by atoms with Crippen LogP contribution in [-0.2, 0) is 0 Å². The average Bonchev–Trinajstić information content (AvgIpc) is 3.16. The van der Waals surface area contributed by atoms with Gasteiger partial charge in [0.2, 0.25) is 0 Å². The van der Waals surface area contributed by atoms with Crippen LogP contribution < -0.4 is 14.8 Å². The molecule has 1 aliphatic carbocycles. The summed E-state index contributed by atoms with van der Waals surface area (Å²) in [4.78, 5) is 0. The van der Waals surface area contributed by atoms with Crippen molar-refractivity contribution in [3.05, 3.63) is 23.8 Å². The van der Waals surface area contributed by atoms with E-state index in [1.165, 1.54) is 18.4 Å². The van der Waals surface area contributed by atoms with Crippen LogP contribution in [0.4, 0.5) is 0 Å². The Labute approximate surface area is 109 Å². The third-order valence-corrected chi connectivity index (χ3v) is 3.82. The summed E-state index contributed by atoms with van der Waals surface area (Å²) in [5.41, 5.74) is 1.19. The minimum atomic E-state index is 0.312. The van der Waals surface area contributed by atoms with Gasteiger partial charge in [0.05, 0.1) is 14.2 Å². The molecule has 3 nitrogen and oxygen atoms in total. The molecular formula is C15H23NO2. The van der Waals surface area contributed by atoms with Crippen molar-refractivity contribution < 1.29 is 9.47 Å². The lowest BCUT2D eigenvalue weighted by Crippen LogP contribution is -2.22. The largest absolute Gasteiger partial charge is 0.497 e. The zero-order chi connectivity index (χ0) is 13.1. The van der Waals surface area contributed by atoms with Gasteiger partial charge < -0.3 is 14.8 Å². The molecule has 0 spiro atoms. The Kier molecular flexibility index (Phi) is 4.12. The lowest BCUT2D eigenvalue weighted by molar-refractivity contribution is 0.385. The second-order valence-electron chi connectivity index (χ2n) is 5.01. The van der Waals surface area contributed by atoms with Gasteiger partial charge in [0.25, 0.3) is 0 Å². The number of hydrogen-bond donors (Lipinski definition) is 1. The van der Waals surface area contributed by atoms with E-state index in [4.69, 9.17) is 9.47 Å². The molecule has 0 radical (unpaired) electrons. The molecular weight excluding hydrogens is 226 g/mol. The summed E-state index contributed by atoms with van der Waals surface area (Å²) in [6.45, 7) is 4.44. The van der Waals surface area contributed by atoms with Crippen molar-refractivity contribution in [2.24, 2.45) is 5.92 Å². The number of hydrogen-bond acceptors (Lipinski definition) is 3. The first-order valence-electron chi connectivity index (χ1n) is 6.67. The molecule has 2 rings (SSSR count). The number of rotatable bonds is 6. The second kappa shape index (κ2) is 5.61. The molecule has 100 valence electrons. The summed E-state index contributed by atoms with van der Waals surface area (Å²) in [6.07, 6.45) is 2.57. The third-order valence-electron chi connectivity index (χ3n) is 3.82. The Balaban J connectivity index is 2.07. The van der Waals surface area contributed by atoms with Crippen molar-refractivity contribution in [3.8, 4) is 11.5 Å². The van der Waals surface area contributed by atoms with E-state index < -0.39 is 0 Å². The van der Waals surface area contributed by atoms with E-state index in [2.05, 4.69) is 25.2 Å². The van der Waals surface area contributed by atoms with Gasteiger partial charge >= 0.3 is 0 Å². The quantitative estimate of drug-likeness (QED) is 0.840. The van der Waals surface area contributed by atoms with Crippen LogP contribution in [0.1, 0.15) is 38.3 Å². The van der Waals surface area contributed by atoms with Crippen molar-refractivity contribution in [2.75, 3.05) is 14.2 Å². The van der Waals surface area contributed by atoms with Crippen LogP contribution in [0, 0.1) is 5.92 Å². The predicted molar refractivity (Wildman–Crippen MR) is 73.3 cm³/mol. The normalized spacial score (nSPS) is 23.6. The molecule has 1 aliphatic rings. The fourth-order valence-electron chi connectivity index (χ4n) is 2.49. The monoisotopic (exact) mass is 249 g/mol. The first-order valence-corrected chi connectivity index (χ1v) is 6.67. The molecule has 1 aromatic carbocycles. The van der Waals surface area contributed by atoms with Gasteiger partial charge in [0.1, 0.15) is 11.5 Å². The summed E-state index contributed by atoms with van der Waals surface area (Å²) in [5.74, 6) is 2.58. The fraction of sp³-hybridized carbons (Fsp3) is 0.600. The smallest absolute Gasteiger partial charge is 0.127 e. The molecule has 0 aromatic heterocycles. The van der Waals surface area contributed by atoms with Crippen LogP contribution >= 0.6 is 0 Å². The molecule has 18 heavy (non-hydrogen) atoms. The second-order valence-corrected chi connectivity index (χ2v) is 5.01. The highest BCUT2D eigenvalue weighted by atomic mass is 16.5. The van der Waals surface area contributed by atoms with Crippen molar-refractivity contribution in [2.45, 2.75) is 38.8 Å². The first-order chi connectivity index (χ1) is 8.69. The first kappa shape index (κ1) is 13.2. The maximum absolute atomic E-state index is 5.44. The molecule has 0 bridgehead atoms. The van der Waals surface area contributed by atoms with E-state index in [-0.39, 0.29) is 0 Å². The third kappa shape index (κ3) is 2.78. The van der Waals surface area contributed by atoms with E-state index >= 15 is 0 Å². The van der Waals surface area contributed by atoms with Crippen LogP contribution in [0.5, 0.6) is 11.5 Å². The van der Waals surface area contributed by atoms with Crippen molar-refractivity contribution in [1.82, 2.24) is 5.32 Å². The van der Waals surface area contributed by atoms with Crippen LogP contribution in [0.25, 0.3) is 0 Å². The summed E-state index contributed by atoms with van der Waals surface area (Å²) in [5, 5.41) is 3.66. The van der Waals surface area contributed by atoms with Gasteiger partial charge in [-0.25, -0.2) is 0 Å². The van der Waals surface area contributed by atoms with Gasteiger partial charge in [0, 0.05) is 23.7 Å². The molecule has 1 N–H and O–H groups in total. The Bertz CT molecular complexity index is 405. The standard InChI is InChI=1S/C15H23NO2/c1-5-11-8-14(11)16-10(2)13-7-6-12(17-3)9-15(13)18-4/h6-7,9-11,14,16H,5,8H2,1-4H3. The summed E-state index contributed by atoms with van der Waals surface area (Å²) >= 11 is 0. The van der Waals surface area contributed by atoms with Crippen molar-refractivity contribution in [3.63, 3.8) is 0 Å². The number of benzene rings is 1. The zero-order valence-corrected chi connectivity index (χ0v) is 11.7. The van der Waals surface area contributed by atoms with Gasteiger partial charge in [-0.15, -0.1) is 0 Å². The zero-order valence-electron chi connectivity index (χ0n) is 11.7. The van der Waals surface area contributed by atoms with Crippen molar-refractivity contribution in [1.29, 1.82) is 0 Å². The van der Waals surface area contributed by atoms with Gasteiger partial charge in [-0.2, -0.15) is 0 Å². The van der Waals surface area contributed by atoms with Crippen LogP contribution in [-0.4, -0.2) is 20.3 Å². The predicted octanol–water partition coefficient (Wildman–Crippen LogP) is 3.15. The van der Waals surface area contributed by atoms with Crippen LogP contribution in [0.3, 0.4) is 0 Å². The SMILES string of the molecule is CCC1CC1NC(C)c1ccc(OC)cc1OC. The fourth-order valence-corrected chi connectivity index (χ4v) is 2.49. The van der Waals surface area contributed by atoms with Gasteiger partial charge in [-0.3, -0.25) is 0 Å². The Morgan fingerprint density at radius 1 is 1.33 bits per heavy atom. The number of methoxy groups -OCH3 is 2. The highest BCUT2D eigenvalue weighted by Crippen LogP contribution is 2.37. The lowest BCUT2D eigenvalue weighted by atomic mass is 10.1. The Morgan fingerprint density at radius 2 is 2.11 bits per heavy atom. The Hall–Kier alpha value is -1.22. The lowest BCUT2D eigenvalue weighted by Gasteiger charge is -2.18. The molecule has 1 aromatic rings. The van der Waals surface area contributed by atoms with E-state index in [0.29, 0.717) is 12.1 Å². The molecule has 1 saturated carbocycles. The molecule has 0 heterocycles. The van der Waals surface area contributed by atoms with Gasteiger partial charge in [-0.05, 0) is 25.3 Å². The Morgan fingerprint density at radius 3 is 2.67 bits per heavy atom. The highest BCUT2D eigenvalue weighted by Gasteiger charge is 2.36. The van der Waals surface area contributed by atoms with E-state index in [9.17, 15) is 0 Å². The average molecular weight is 249 g/mol. The van der Waals surface area contributed by atoms with Crippen LogP contribution in [0.15, 0.2) is 18.2 Å². The molecule has 3 heteroatoms.